The number of carbonyl (C=O) groups excluding carboxylic acids is 2. The summed E-state index contributed by atoms with van der Waals surface area (Å²) in [6.45, 7) is 5.83. The molecule has 0 spiro atoms. The monoisotopic (exact) mass is 348 g/mol. The molecule has 1 aromatic heterocycles. The van der Waals surface area contributed by atoms with Gasteiger partial charge in [0.25, 0.3) is 11.8 Å². The maximum Gasteiger partial charge on any atom is 0.291 e. The Bertz CT molecular complexity index is 939. The Labute approximate surface area is 152 Å². The van der Waals surface area contributed by atoms with Crippen LogP contribution in [0.25, 0.3) is 0 Å². The minimum atomic E-state index is -0.357. The molecule has 0 radical (unpaired) electrons. The topological polar surface area (TPSA) is 71.3 Å². The van der Waals surface area contributed by atoms with Gasteiger partial charge >= 0.3 is 0 Å². The molecule has 0 fully saturated rings. The Morgan fingerprint density at radius 1 is 0.846 bits per heavy atom. The highest BCUT2D eigenvalue weighted by Gasteiger charge is 2.13. The molecular weight excluding hydrogens is 328 g/mol. The third-order valence-corrected chi connectivity index (χ3v) is 3.97. The van der Waals surface area contributed by atoms with Gasteiger partial charge in [-0.1, -0.05) is 12.1 Å². The second-order valence-corrected chi connectivity index (χ2v) is 6.29. The summed E-state index contributed by atoms with van der Waals surface area (Å²) < 4.78 is 5.10. The van der Waals surface area contributed by atoms with Gasteiger partial charge in [-0.25, -0.2) is 0 Å². The van der Waals surface area contributed by atoms with Crippen molar-refractivity contribution in [2.24, 2.45) is 0 Å². The van der Waals surface area contributed by atoms with Crippen molar-refractivity contribution in [3.8, 4) is 0 Å². The molecule has 0 saturated heterocycles. The van der Waals surface area contributed by atoms with Crippen LogP contribution in [0.4, 0.5) is 11.4 Å². The zero-order chi connectivity index (χ0) is 18.7. The highest BCUT2D eigenvalue weighted by atomic mass is 16.3. The van der Waals surface area contributed by atoms with Gasteiger partial charge in [-0.15, -0.1) is 0 Å². The van der Waals surface area contributed by atoms with Gasteiger partial charge in [0.15, 0.2) is 5.76 Å². The molecule has 5 heteroatoms. The van der Waals surface area contributed by atoms with E-state index in [1.165, 1.54) is 6.26 Å². The van der Waals surface area contributed by atoms with E-state index >= 15 is 0 Å². The van der Waals surface area contributed by atoms with E-state index in [1.807, 2.05) is 39.0 Å². The second kappa shape index (κ2) is 7.27. The first-order chi connectivity index (χ1) is 12.4. The average Bonchev–Trinajstić information content (AvgIpc) is 3.10. The average molecular weight is 348 g/mol. The van der Waals surface area contributed by atoms with Crippen molar-refractivity contribution in [3.05, 3.63) is 82.8 Å². The normalized spacial score (nSPS) is 10.4. The molecule has 132 valence electrons. The van der Waals surface area contributed by atoms with E-state index in [0.717, 1.165) is 22.4 Å². The van der Waals surface area contributed by atoms with Crippen molar-refractivity contribution >= 4 is 23.2 Å². The first kappa shape index (κ1) is 17.5. The Morgan fingerprint density at radius 3 is 2.23 bits per heavy atom. The molecule has 0 aliphatic heterocycles. The number of anilines is 2. The Morgan fingerprint density at radius 2 is 1.58 bits per heavy atom. The predicted octanol–water partition coefficient (Wildman–Crippen LogP) is 4.71. The summed E-state index contributed by atoms with van der Waals surface area (Å²) in [6, 6.07) is 14.3. The number of benzene rings is 2. The van der Waals surface area contributed by atoms with E-state index in [9.17, 15) is 9.59 Å². The molecule has 2 N–H and O–H groups in total. The smallest absolute Gasteiger partial charge is 0.291 e. The lowest BCUT2D eigenvalue weighted by Crippen LogP contribution is -2.15. The number of hydrogen-bond donors (Lipinski definition) is 2. The molecule has 3 rings (SSSR count). The van der Waals surface area contributed by atoms with Gasteiger partial charge in [-0.2, -0.15) is 0 Å². The van der Waals surface area contributed by atoms with E-state index in [0.29, 0.717) is 11.3 Å². The molecule has 2 amide bonds. The third kappa shape index (κ3) is 4.00. The summed E-state index contributed by atoms with van der Waals surface area (Å²) in [5.74, 6) is -0.372. The van der Waals surface area contributed by atoms with E-state index in [-0.39, 0.29) is 17.6 Å². The van der Waals surface area contributed by atoms with Gasteiger partial charge < -0.3 is 15.1 Å². The Balaban J connectivity index is 1.80. The molecule has 0 atom stereocenters. The van der Waals surface area contributed by atoms with Crippen LogP contribution in [0.3, 0.4) is 0 Å². The lowest BCUT2D eigenvalue weighted by atomic mass is 10.1. The fourth-order valence-electron chi connectivity index (χ4n) is 2.74. The summed E-state index contributed by atoms with van der Waals surface area (Å²) >= 11 is 0. The van der Waals surface area contributed by atoms with E-state index in [4.69, 9.17) is 4.42 Å². The molecule has 0 aliphatic rings. The minimum absolute atomic E-state index is 0.217. The molecule has 3 aromatic rings. The van der Waals surface area contributed by atoms with Crippen LogP contribution in [-0.2, 0) is 0 Å². The highest BCUT2D eigenvalue weighted by molar-refractivity contribution is 6.07. The number of rotatable bonds is 4. The summed E-state index contributed by atoms with van der Waals surface area (Å²) in [5.41, 5.74) is 4.79. The highest BCUT2D eigenvalue weighted by Crippen LogP contribution is 2.20. The van der Waals surface area contributed by atoms with Gasteiger partial charge in [0.05, 0.1) is 6.26 Å². The van der Waals surface area contributed by atoms with Gasteiger partial charge in [-0.05, 0) is 73.9 Å². The number of carbonyl (C=O) groups is 2. The fraction of sp³-hybridized carbons (Fsp3) is 0.143. The first-order valence-corrected chi connectivity index (χ1v) is 8.27. The van der Waals surface area contributed by atoms with E-state index in [2.05, 4.69) is 10.6 Å². The Kier molecular flexibility index (Phi) is 4.89. The van der Waals surface area contributed by atoms with Crippen molar-refractivity contribution < 1.29 is 14.0 Å². The van der Waals surface area contributed by atoms with Crippen molar-refractivity contribution in [1.29, 1.82) is 0 Å². The predicted molar refractivity (Wildman–Crippen MR) is 102 cm³/mol. The van der Waals surface area contributed by atoms with Gasteiger partial charge in [0, 0.05) is 16.9 Å². The molecular formula is C21H20N2O3. The summed E-state index contributed by atoms with van der Waals surface area (Å²) in [6.07, 6.45) is 1.44. The molecule has 1 heterocycles. The summed E-state index contributed by atoms with van der Waals surface area (Å²) in [5, 5.41) is 5.67. The Hall–Kier alpha value is -3.34. The van der Waals surface area contributed by atoms with Crippen LogP contribution >= 0.6 is 0 Å². The van der Waals surface area contributed by atoms with Crippen LogP contribution < -0.4 is 10.6 Å². The number of amides is 2. The minimum Gasteiger partial charge on any atom is -0.459 e. The van der Waals surface area contributed by atoms with Crippen LogP contribution in [0.5, 0.6) is 0 Å². The number of hydrogen-bond acceptors (Lipinski definition) is 3. The van der Waals surface area contributed by atoms with Crippen LogP contribution in [0, 0.1) is 20.8 Å². The molecule has 0 unspecified atom stereocenters. The van der Waals surface area contributed by atoms with Gasteiger partial charge in [0.2, 0.25) is 0 Å². The van der Waals surface area contributed by atoms with E-state index in [1.54, 1.807) is 30.3 Å². The SMILES string of the molecule is Cc1cc(C)cc(NC(=O)c2ccc(C)c(NC(=O)c3ccco3)c2)c1. The molecule has 5 nitrogen and oxygen atoms in total. The lowest BCUT2D eigenvalue weighted by molar-refractivity contribution is 0.0993. The number of nitrogens with one attached hydrogen (secondary N) is 2. The summed E-state index contributed by atoms with van der Waals surface area (Å²) in [4.78, 5) is 24.7. The third-order valence-electron chi connectivity index (χ3n) is 3.97. The maximum absolute atomic E-state index is 12.6. The second-order valence-electron chi connectivity index (χ2n) is 6.29. The van der Waals surface area contributed by atoms with Crippen LogP contribution in [-0.4, -0.2) is 11.8 Å². The zero-order valence-electron chi connectivity index (χ0n) is 14.9. The van der Waals surface area contributed by atoms with Crippen molar-refractivity contribution in [1.82, 2.24) is 0 Å². The van der Waals surface area contributed by atoms with Crippen LogP contribution in [0.2, 0.25) is 0 Å². The van der Waals surface area contributed by atoms with Gasteiger partial charge in [-0.3, -0.25) is 9.59 Å². The fourth-order valence-corrected chi connectivity index (χ4v) is 2.74. The lowest BCUT2D eigenvalue weighted by Gasteiger charge is -2.11. The molecule has 0 saturated carbocycles. The number of aryl methyl sites for hydroxylation is 3. The standard InChI is InChI=1S/C21H20N2O3/c1-13-9-14(2)11-17(10-13)22-20(24)16-7-6-15(3)18(12-16)23-21(25)19-5-4-8-26-19/h4-12H,1-3H3,(H,22,24)(H,23,25). The van der Waals surface area contributed by atoms with Crippen molar-refractivity contribution in [2.75, 3.05) is 10.6 Å². The molecule has 0 bridgehead atoms. The zero-order valence-corrected chi connectivity index (χ0v) is 14.9. The van der Waals surface area contributed by atoms with Crippen LogP contribution in [0.1, 0.15) is 37.6 Å². The molecule has 0 aliphatic carbocycles. The molecule has 26 heavy (non-hydrogen) atoms. The van der Waals surface area contributed by atoms with Crippen molar-refractivity contribution in [3.63, 3.8) is 0 Å². The first-order valence-electron chi connectivity index (χ1n) is 8.27. The van der Waals surface area contributed by atoms with Gasteiger partial charge in [0.1, 0.15) is 0 Å². The van der Waals surface area contributed by atoms with E-state index < -0.39 is 0 Å². The van der Waals surface area contributed by atoms with Crippen molar-refractivity contribution in [2.45, 2.75) is 20.8 Å². The van der Waals surface area contributed by atoms with Crippen LogP contribution in [0.15, 0.2) is 59.2 Å². The summed E-state index contributed by atoms with van der Waals surface area (Å²) in [7, 11) is 0. The maximum atomic E-state index is 12.6. The quantitative estimate of drug-likeness (QED) is 0.717. The molecule has 2 aromatic carbocycles. The largest absolute Gasteiger partial charge is 0.459 e. The number of furan rings is 1.